The van der Waals surface area contributed by atoms with Crippen LogP contribution in [0.5, 0.6) is 5.75 Å². The van der Waals surface area contributed by atoms with Crippen molar-refractivity contribution in [3.05, 3.63) is 64.3 Å². The Morgan fingerprint density at radius 3 is 2.64 bits per heavy atom. The number of ether oxygens (including phenoxy) is 1. The molecule has 0 bridgehead atoms. The fourth-order valence-electron chi connectivity index (χ4n) is 4.60. The van der Waals surface area contributed by atoms with E-state index in [1.54, 1.807) is 13.2 Å². The molecule has 0 spiro atoms. The fourth-order valence-corrected chi connectivity index (χ4v) is 4.88. The van der Waals surface area contributed by atoms with Gasteiger partial charge in [0.2, 0.25) is 5.91 Å². The van der Waals surface area contributed by atoms with Crippen molar-refractivity contribution in [3.63, 3.8) is 0 Å². The van der Waals surface area contributed by atoms with Crippen molar-refractivity contribution in [2.45, 2.75) is 39.3 Å². The Bertz CT molecular complexity index is 1280. The highest BCUT2D eigenvalue weighted by atomic mass is 35.5. The van der Waals surface area contributed by atoms with Crippen LogP contribution in [0.1, 0.15) is 37.0 Å². The number of halogens is 1. The van der Waals surface area contributed by atoms with Gasteiger partial charge < -0.3 is 15.0 Å². The Morgan fingerprint density at radius 1 is 1.19 bits per heavy atom. The molecule has 1 saturated heterocycles. The number of methoxy groups -OCH3 is 1. The van der Waals surface area contributed by atoms with Crippen LogP contribution in [0.4, 0.5) is 5.69 Å². The first-order chi connectivity index (χ1) is 17.4. The van der Waals surface area contributed by atoms with Gasteiger partial charge in [-0.2, -0.15) is 5.26 Å². The maximum absolute atomic E-state index is 13.0. The van der Waals surface area contributed by atoms with Gasteiger partial charge in [0.25, 0.3) is 0 Å². The molecule has 7 nitrogen and oxygen atoms in total. The lowest BCUT2D eigenvalue weighted by Crippen LogP contribution is -2.50. The van der Waals surface area contributed by atoms with E-state index in [-0.39, 0.29) is 5.91 Å². The van der Waals surface area contributed by atoms with Gasteiger partial charge in [0.1, 0.15) is 5.75 Å². The number of benzene rings is 2. The molecule has 0 saturated carbocycles. The zero-order valence-electron chi connectivity index (χ0n) is 21.1. The molecule has 4 rings (SSSR count). The molecule has 1 amide bonds. The third kappa shape index (κ3) is 5.89. The zero-order chi connectivity index (χ0) is 25.7. The molecule has 8 heteroatoms. The number of carbonyl (C=O) groups excluding carboxylic acids is 1. The second-order valence-corrected chi connectivity index (χ2v) is 9.74. The van der Waals surface area contributed by atoms with Crippen LogP contribution in [0.3, 0.4) is 0 Å². The average molecular weight is 506 g/mol. The molecular weight excluding hydrogens is 474 g/mol. The highest BCUT2D eigenvalue weighted by molar-refractivity contribution is 6.32. The molecule has 1 fully saturated rings. The standard InChI is InChI=1S/C28H32ClN5O2/c1-19(2)33-10-12-34(13-11-33)27(35)9-6-22-18-31-25-7-4-20(16-30)14-23(25)28(22)32-17-21-5-8-26(36-3)24(29)15-21/h4-5,7-8,14-15,18-19H,6,9-13,17H2,1-3H3,(H,31,32). The van der Waals surface area contributed by atoms with E-state index in [0.717, 1.165) is 53.9 Å². The number of nitrogens with zero attached hydrogens (tertiary/aromatic N) is 4. The zero-order valence-corrected chi connectivity index (χ0v) is 21.8. The van der Waals surface area contributed by atoms with Crippen molar-refractivity contribution < 1.29 is 9.53 Å². The minimum absolute atomic E-state index is 0.164. The van der Waals surface area contributed by atoms with Crippen molar-refractivity contribution in [1.29, 1.82) is 5.26 Å². The number of nitriles is 1. The number of hydrogen-bond donors (Lipinski definition) is 1. The number of fused-ring (bicyclic) bond motifs is 1. The predicted molar refractivity (Wildman–Crippen MR) is 143 cm³/mol. The van der Waals surface area contributed by atoms with E-state index in [1.807, 2.05) is 41.4 Å². The normalized spacial score (nSPS) is 14.2. The monoisotopic (exact) mass is 505 g/mol. The maximum Gasteiger partial charge on any atom is 0.222 e. The lowest BCUT2D eigenvalue weighted by molar-refractivity contribution is -0.133. The largest absolute Gasteiger partial charge is 0.495 e. The van der Waals surface area contributed by atoms with Crippen LogP contribution in [0.15, 0.2) is 42.6 Å². The summed E-state index contributed by atoms with van der Waals surface area (Å²) < 4.78 is 5.26. The lowest BCUT2D eigenvalue weighted by atomic mass is 10.0. The van der Waals surface area contributed by atoms with Crippen molar-refractivity contribution in [1.82, 2.24) is 14.8 Å². The van der Waals surface area contributed by atoms with E-state index in [4.69, 9.17) is 16.3 Å². The minimum Gasteiger partial charge on any atom is -0.495 e. The van der Waals surface area contributed by atoms with Gasteiger partial charge in [-0.1, -0.05) is 17.7 Å². The van der Waals surface area contributed by atoms with Crippen LogP contribution in [0, 0.1) is 11.3 Å². The van der Waals surface area contributed by atoms with E-state index in [0.29, 0.717) is 41.8 Å². The summed E-state index contributed by atoms with van der Waals surface area (Å²) in [4.78, 5) is 22.0. The first-order valence-electron chi connectivity index (χ1n) is 12.3. The Hall–Kier alpha value is -3.34. The van der Waals surface area contributed by atoms with E-state index in [9.17, 15) is 10.1 Å². The molecule has 1 aliphatic rings. The summed E-state index contributed by atoms with van der Waals surface area (Å²) in [5, 5.41) is 14.4. The molecule has 0 atom stereocenters. The molecule has 0 radical (unpaired) electrons. The van der Waals surface area contributed by atoms with Crippen molar-refractivity contribution in [3.8, 4) is 11.8 Å². The number of nitrogens with one attached hydrogen (secondary N) is 1. The van der Waals surface area contributed by atoms with Gasteiger partial charge in [0, 0.05) is 62.5 Å². The van der Waals surface area contributed by atoms with Gasteiger partial charge in [-0.25, -0.2) is 0 Å². The van der Waals surface area contributed by atoms with E-state index in [1.165, 1.54) is 0 Å². The number of anilines is 1. The number of hydrogen-bond acceptors (Lipinski definition) is 6. The predicted octanol–water partition coefficient (Wildman–Crippen LogP) is 4.87. The van der Waals surface area contributed by atoms with Gasteiger partial charge in [-0.05, 0) is 61.7 Å². The first-order valence-corrected chi connectivity index (χ1v) is 12.7. The maximum atomic E-state index is 13.0. The topological polar surface area (TPSA) is 81.5 Å². The molecule has 2 aromatic carbocycles. The molecule has 0 aliphatic carbocycles. The summed E-state index contributed by atoms with van der Waals surface area (Å²) in [6.07, 6.45) is 2.81. The quantitative estimate of drug-likeness (QED) is 0.470. The Labute approximate surface area is 217 Å². The molecule has 1 aliphatic heterocycles. The molecule has 3 aromatic rings. The molecule has 2 heterocycles. The van der Waals surface area contributed by atoms with Gasteiger partial charge in [-0.3, -0.25) is 14.7 Å². The van der Waals surface area contributed by atoms with E-state index < -0.39 is 0 Å². The van der Waals surface area contributed by atoms with Crippen LogP contribution in [0.2, 0.25) is 5.02 Å². The van der Waals surface area contributed by atoms with Gasteiger partial charge in [0.15, 0.2) is 0 Å². The van der Waals surface area contributed by atoms with Crippen LogP contribution >= 0.6 is 11.6 Å². The molecule has 0 unspecified atom stereocenters. The summed E-state index contributed by atoms with van der Waals surface area (Å²) in [5.74, 6) is 0.791. The molecule has 1 N–H and O–H groups in total. The molecular formula is C28H32ClN5O2. The minimum atomic E-state index is 0.164. The Morgan fingerprint density at radius 2 is 1.97 bits per heavy atom. The molecule has 188 valence electrons. The Balaban J connectivity index is 1.54. The second-order valence-electron chi connectivity index (χ2n) is 9.34. The van der Waals surface area contributed by atoms with Gasteiger partial charge >= 0.3 is 0 Å². The highest BCUT2D eigenvalue weighted by Gasteiger charge is 2.22. The fraction of sp³-hybridized carbons (Fsp3) is 0.393. The number of aryl methyl sites for hydroxylation is 1. The molecule has 36 heavy (non-hydrogen) atoms. The summed E-state index contributed by atoms with van der Waals surface area (Å²) in [7, 11) is 1.59. The van der Waals surface area contributed by atoms with Crippen molar-refractivity contribution in [2.75, 3.05) is 38.6 Å². The number of aromatic nitrogens is 1. The van der Waals surface area contributed by atoms with Crippen molar-refractivity contribution in [2.24, 2.45) is 0 Å². The number of amides is 1. The summed E-state index contributed by atoms with van der Waals surface area (Å²) in [6, 6.07) is 13.9. The number of rotatable bonds is 8. The number of carbonyl (C=O) groups is 1. The Kier molecular flexibility index (Phi) is 8.29. The third-order valence-electron chi connectivity index (χ3n) is 6.77. The molecule has 1 aromatic heterocycles. The first kappa shape index (κ1) is 25.7. The van der Waals surface area contributed by atoms with Crippen LogP contribution in [-0.2, 0) is 17.8 Å². The second kappa shape index (κ2) is 11.6. The number of pyridine rings is 1. The van der Waals surface area contributed by atoms with E-state index >= 15 is 0 Å². The van der Waals surface area contributed by atoms with Gasteiger partial charge in [-0.15, -0.1) is 0 Å². The SMILES string of the molecule is COc1ccc(CNc2c(CCC(=O)N3CCN(C(C)C)CC3)cnc3ccc(C#N)cc23)cc1Cl. The summed E-state index contributed by atoms with van der Waals surface area (Å²) in [5.41, 5.74) is 4.19. The van der Waals surface area contributed by atoms with Crippen LogP contribution in [0.25, 0.3) is 10.9 Å². The van der Waals surface area contributed by atoms with Crippen LogP contribution in [-0.4, -0.2) is 60.0 Å². The average Bonchev–Trinajstić information content (AvgIpc) is 2.90. The van der Waals surface area contributed by atoms with Crippen LogP contribution < -0.4 is 10.1 Å². The lowest BCUT2D eigenvalue weighted by Gasteiger charge is -2.37. The van der Waals surface area contributed by atoms with Crippen molar-refractivity contribution >= 4 is 34.1 Å². The summed E-state index contributed by atoms with van der Waals surface area (Å²) in [6.45, 7) is 8.26. The van der Waals surface area contributed by atoms with E-state index in [2.05, 4.69) is 35.1 Å². The smallest absolute Gasteiger partial charge is 0.222 e. The summed E-state index contributed by atoms with van der Waals surface area (Å²) >= 11 is 6.32. The number of piperazine rings is 1. The highest BCUT2D eigenvalue weighted by Crippen LogP contribution is 2.30. The van der Waals surface area contributed by atoms with Gasteiger partial charge in [0.05, 0.1) is 29.3 Å². The third-order valence-corrected chi connectivity index (χ3v) is 7.06.